The molecule has 37 heavy (non-hydrogen) atoms. The Kier molecular flexibility index (Phi) is 6.48. The number of fused-ring (bicyclic) bond motifs is 1. The van der Waals surface area contributed by atoms with Crippen molar-refractivity contribution >= 4 is 63.9 Å². The fraction of sp³-hybridized carbons (Fsp3) is 0.0385. The SMILES string of the molecule is O=C(O)c1ccc(-c2cc(C3(c4cc(Br)c(O)c(Br)c4)OS(=O)(=O)c4ccccc43)cc(Br)c2O)cc1. The minimum Gasteiger partial charge on any atom is -0.506 e. The Labute approximate surface area is 236 Å². The third-order valence-electron chi connectivity index (χ3n) is 6.11. The van der Waals surface area contributed by atoms with E-state index in [1.54, 1.807) is 54.6 Å². The Hall–Kier alpha value is -2.70. The molecule has 0 bridgehead atoms. The van der Waals surface area contributed by atoms with Gasteiger partial charge in [0.2, 0.25) is 0 Å². The predicted octanol–water partition coefficient (Wildman–Crippen LogP) is 6.76. The maximum Gasteiger partial charge on any atom is 0.335 e. The molecule has 0 amide bonds. The van der Waals surface area contributed by atoms with E-state index >= 15 is 0 Å². The van der Waals surface area contributed by atoms with Crippen LogP contribution in [0.3, 0.4) is 0 Å². The standard InChI is InChI=1S/C26H15Br3O7S/c27-19-10-15(9-17(23(19)30)13-5-7-14(8-6-13)25(32)33)26(16-11-20(28)24(31)21(29)12-16)18-3-1-2-4-22(18)37(34,35)36-26/h1-12,30-31H,(H,32,33). The van der Waals surface area contributed by atoms with Crippen molar-refractivity contribution in [2.75, 3.05) is 0 Å². The first-order chi connectivity index (χ1) is 17.5. The number of aromatic hydroxyl groups is 2. The van der Waals surface area contributed by atoms with Gasteiger partial charge in [-0.3, -0.25) is 0 Å². The summed E-state index contributed by atoms with van der Waals surface area (Å²) in [6.07, 6.45) is 0. The second-order valence-electron chi connectivity index (χ2n) is 8.24. The first-order valence-corrected chi connectivity index (χ1v) is 14.3. The zero-order valence-electron chi connectivity index (χ0n) is 18.4. The molecule has 0 fully saturated rings. The molecular formula is C26H15Br3O7S. The Bertz CT molecular complexity index is 1680. The lowest BCUT2D eigenvalue weighted by atomic mass is 9.79. The number of carboxylic acids is 1. The van der Waals surface area contributed by atoms with E-state index in [4.69, 9.17) is 4.18 Å². The van der Waals surface area contributed by atoms with Crippen molar-refractivity contribution in [3.8, 4) is 22.6 Å². The van der Waals surface area contributed by atoms with Crippen LogP contribution >= 0.6 is 47.8 Å². The summed E-state index contributed by atoms with van der Waals surface area (Å²) in [6, 6.07) is 18.6. The van der Waals surface area contributed by atoms with Gasteiger partial charge in [0.1, 0.15) is 16.4 Å². The fourth-order valence-corrected chi connectivity index (χ4v) is 7.46. The quantitative estimate of drug-likeness (QED) is 0.200. The molecular weight excluding hydrogens is 696 g/mol. The topological polar surface area (TPSA) is 121 Å². The molecule has 0 aliphatic carbocycles. The van der Waals surface area contributed by atoms with Crippen molar-refractivity contribution in [3.63, 3.8) is 0 Å². The molecule has 1 heterocycles. The van der Waals surface area contributed by atoms with E-state index in [-0.39, 0.29) is 26.4 Å². The molecule has 0 saturated heterocycles. The number of hydrogen-bond donors (Lipinski definition) is 3. The van der Waals surface area contributed by atoms with Gasteiger partial charge in [0.15, 0.2) is 5.60 Å². The van der Waals surface area contributed by atoms with Gasteiger partial charge >= 0.3 is 5.97 Å². The van der Waals surface area contributed by atoms with Crippen LogP contribution in [0.4, 0.5) is 0 Å². The molecule has 1 atom stereocenters. The van der Waals surface area contributed by atoms with Crippen LogP contribution < -0.4 is 0 Å². The summed E-state index contributed by atoms with van der Waals surface area (Å²) in [5.74, 6) is -1.28. The summed E-state index contributed by atoms with van der Waals surface area (Å²) in [5, 5.41) is 30.5. The largest absolute Gasteiger partial charge is 0.506 e. The average molecular weight is 711 g/mol. The normalized spacial score (nSPS) is 17.9. The highest BCUT2D eigenvalue weighted by molar-refractivity contribution is 9.11. The monoisotopic (exact) mass is 708 g/mol. The zero-order valence-corrected chi connectivity index (χ0v) is 24.0. The molecule has 4 aromatic rings. The number of halogens is 3. The van der Waals surface area contributed by atoms with Crippen LogP contribution in [-0.4, -0.2) is 29.7 Å². The van der Waals surface area contributed by atoms with Crippen LogP contribution in [0.5, 0.6) is 11.5 Å². The van der Waals surface area contributed by atoms with Crippen molar-refractivity contribution in [2.24, 2.45) is 0 Å². The highest BCUT2D eigenvalue weighted by atomic mass is 79.9. The molecule has 4 aromatic carbocycles. The molecule has 188 valence electrons. The van der Waals surface area contributed by atoms with E-state index in [0.717, 1.165) is 0 Å². The van der Waals surface area contributed by atoms with Gasteiger partial charge in [0.05, 0.1) is 19.0 Å². The van der Waals surface area contributed by atoms with Crippen molar-refractivity contribution in [1.82, 2.24) is 0 Å². The van der Waals surface area contributed by atoms with Crippen LogP contribution in [0.25, 0.3) is 11.1 Å². The Morgan fingerprint density at radius 3 is 1.92 bits per heavy atom. The van der Waals surface area contributed by atoms with Crippen molar-refractivity contribution in [3.05, 3.63) is 108 Å². The number of phenolic OH excluding ortho intramolecular Hbond substituents is 2. The van der Waals surface area contributed by atoms with E-state index in [2.05, 4.69) is 47.8 Å². The Morgan fingerprint density at radius 2 is 1.32 bits per heavy atom. The predicted molar refractivity (Wildman–Crippen MR) is 146 cm³/mol. The van der Waals surface area contributed by atoms with Gasteiger partial charge in [0.25, 0.3) is 10.1 Å². The molecule has 0 saturated carbocycles. The number of benzene rings is 4. The Morgan fingerprint density at radius 1 is 0.784 bits per heavy atom. The molecule has 0 aromatic heterocycles. The molecule has 0 radical (unpaired) electrons. The smallest absolute Gasteiger partial charge is 0.335 e. The lowest BCUT2D eigenvalue weighted by Crippen LogP contribution is -2.30. The minimum absolute atomic E-state index is 0.00752. The first-order valence-electron chi connectivity index (χ1n) is 10.6. The van der Waals surface area contributed by atoms with E-state index in [9.17, 15) is 28.5 Å². The minimum atomic E-state index is -4.20. The maximum atomic E-state index is 13.2. The number of rotatable bonds is 4. The second-order valence-corrected chi connectivity index (χ2v) is 12.3. The molecule has 1 aliphatic rings. The summed E-state index contributed by atoms with van der Waals surface area (Å²) in [4.78, 5) is 11.3. The van der Waals surface area contributed by atoms with Crippen molar-refractivity contribution < 1.29 is 32.7 Å². The third kappa shape index (κ3) is 4.18. The van der Waals surface area contributed by atoms with Gasteiger partial charge in [-0.1, -0.05) is 30.3 Å². The van der Waals surface area contributed by atoms with E-state index in [1.807, 2.05) is 0 Å². The van der Waals surface area contributed by atoms with Crippen molar-refractivity contribution in [2.45, 2.75) is 10.5 Å². The van der Waals surface area contributed by atoms with Gasteiger partial charge in [-0.15, -0.1) is 0 Å². The van der Waals surface area contributed by atoms with Gasteiger partial charge in [-0.2, -0.15) is 8.42 Å². The lowest BCUT2D eigenvalue weighted by molar-refractivity contribution is 0.0697. The first kappa shape index (κ1) is 25.9. The summed E-state index contributed by atoms with van der Waals surface area (Å²) in [5.41, 5.74) is 0.331. The number of hydrogen-bond acceptors (Lipinski definition) is 6. The lowest BCUT2D eigenvalue weighted by Gasteiger charge is -2.31. The van der Waals surface area contributed by atoms with E-state index < -0.39 is 21.7 Å². The highest BCUT2D eigenvalue weighted by Crippen LogP contribution is 2.54. The summed E-state index contributed by atoms with van der Waals surface area (Å²) in [7, 11) is -4.20. The number of carbonyl (C=O) groups is 1. The summed E-state index contributed by atoms with van der Waals surface area (Å²) in [6.45, 7) is 0. The maximum absolute atomic E-state index is 13.2. The van der Waals surface area contributed by atoms with Crippen molar-refractivity contribution in [1.29, 1.82) is 0 Å². The third-order valence-corrected chi connectivity index (χ3v) is 9.28. The molecule has 1 unspecified atom stereocenters. The van der Waals surface area contributed by atoms with Gasteiger partial charge in [0, 0.05) is 11.1 Å². The molecule has 3 N–H and O–H groups in total. The molecule has 0 spiro atoms. The molecule has 11 heteroatoms. The van der Waals surface area contributed by atoms with Crippen LogP contribution in [0, 0.1) is 0 Å². The van der Waals surface area contributed by atoms with Gasteiger partial charge in [-0.25, -0.2) is 8.98 Å². The number of aromatic carboxylic acids is 1. The fourth-order valence-electron chi connectivity index (χ4n) is 4.39. The second kappa shape index (κ2) is 9.25. The zero-order chi connectivity index (χ0) is 26.7. The van der Waals surface area contributed by atoms with E-state index in [1.165, 1.54) is 18.2 Å². The van der Waals surface area contributed by atoms with E-state index in [0.29, 0.717) is 36.8 Å². The molecule has 5 rings (SSSR count). The number of carboxylic acid groups (broad SMARTS) is 1. The van der Waals surface area contributed by atoms with Gasteiger partial charge < -0.3 is 15.3 Å². The van der Waals surface area contributed by atoms with Crippen LogP contribution in [0.1, 0.15) is 27.0 Å². The van der Waals surface area contributed by atoms with Gasteiger partial charge in [-0.05, 0) is 107 Å². The highest BCUT2D eigenvalue weighted by Gasteiger charge is 2.52. The van der Waals surface area contributed by atoms with Crippen LogP contribution in [0.2, 0.25) is 0 Å². The molecule has 1 aliphatic heterocycles. The summed E-state index contributed by atoms with van der Waals surface area (Å²) < 4.78 is 33.3. The average Bonchev–Trinajstić information content (AvgIpc) is 3.12. The van der Waals surface area contributed by atoms with Crippen LogP contribution in [-0.2, 0) is 19.9 Å². The Balaban J connectivity index is 1.85. The number of phenols is 2. The van der Waals surface area contributed by atoms with Crippen LogP contribution in [0.15, 0.2) is 91.1 Å². The molecule has 7 nitrogen and oxygen atoms in total. The summed E-state index contributed by atoms with van der Waals surface area (Å²) >= 11 is 10.0.